The monoisotopic (exact) mass is 196 g/mol. The summed E-state index contributed by atoms with van der Waals surface area (Å²) in [5.74, 6) is 0. The molecule has 0 fully saturated rings. The third-order valence-electron chi connectivity index (χ3n) is 2.77. The normalized spacial score (nSPS) is 10.4. The molecular formula is C14H28. The fourth-order valence-corrected chi connectivity index (χ4v) is 1.73. The molecule has 0 aliphatic carbocycles. The molecule has 14 heavy (non-hydrogen) atoms. The molecule has 0 aromatic rings. The number of allylic oxidation sites excluding steroid dienone is 1. The van der Waals surface area contributed by atoms with Crippen LogP contribution in [0.2, 0.25) is 0 Å². The number of rotatable bonds is 10. The van der Waals surface area contributed by atoms with E-state index in [1.165, 1.54) is 69.8 Å². The van der Waals surface area contributed by atoms with Gasteiger partial charge in [-0.3, -0.25) is 0 Å². The van der Waals surface area contributed by atoms with Crippen molar-refractivity contribution in [2.45, 2.75) is 78.1 Å². The lowest BCUT2D eigenvalue weighted by Gasteiger charge is -2.04. The maximum atomic E-state index is 4.15. The average Bonchev–Trinajstić information content (AvgIpc) is 2.19. The molecule has 0 radical (unpaired) electrons. The van der Waals surface area contributed by atoms with E-state index in [9.17, 15) is 0 Å². The summed E-state index contributed by atoms with van der Waals surface area (Å²) in [5.41, 5.74) is 1.48. The molecule has 0 nitrogen and oxygen atoms in total. The minimum Gasteiger partial charge on any atom is -0.0999 e. The molecule has 0 heteroatoms. The van der Waals surface area contributed by atoms with Crippen molar-refractivity contribution in [1.29, 1.82) is 0 Å². The third-order valence-corrected chi connectivity index (χ3v) is 2.77. The van der Waals surface area contributed by atoms with Crippen molar-refractivity contribution in [2.75, 3.05) is 0 Å². The van der Waals surface area contributed by atoms with E-state index in [1.807, 2.05) is 0 Å². The van der Waals surface area contributed by atoms with Gasteiger partial charge in [0.15, 0.2) is 0 Å². The Morgan fingerprint density at radius 2 is 1.14 bits per heavy atom. The van der Waals surface area contributed by atoms with Gasteiger partial charge in [-0.2, -0.15) is 0 Å². The number of unbranched alkanes of at least 4 members (excludes halogenated alkanes) is 6. The molecule has 0 aromatic heterocycles. The number of hydrogen-bond donors (Lipinski definition) is 0. The second-order valence-electron chi connectivity index (χ2n) is 4.37. The zero-order valence-corrected chi connectivity index (χ0v) is 10.3. The number of hydrogen-bond acceptors (Lipinski definition) is 0. The largest absolute Gasteiger partial charge is 0.0999 e. The van der Waals surface area contributed by atoms with Crippen LogP contribution in [0.4, 0.5) is 0 Å². The van der Waals surface area contributed by atoms with Crippen molar-refractivity contribution < 1.29 is 0 Å². The van der Waals surface area contributed by atoms with Crippen LogP contribution in [0.1, 0.15) is 78.1 Å². The van der Waals surface area contributed by atoms with Gasteiger partial charge in [-0.25, -0.2) is 0 Å². The van der Waals surface area contributed by atoms with E-state index in [0.29, 0.717) is 0 Å². The highest BCUT2D eigenvalue weighted by Gasteiger charge is 1.95. The minimum absolute atomic E-state index is 1.27. The Morgan fingerprint density at radius 3 is 1.50 bits per heavy atom. The van der Waals surface area contributed by atoms with Crippen LogP contribution in [0, 0.1) is 0 Å². The first-order chi connectivity index (χ1) is 6.81. The zero-order chi connectivity index (χ0) is 10.6. The Labute approximate surface area is 90.8 Å². The van der Waals surface area contributed by atoms with Crippen molar-refractivity contribution in [3.63, 3.8) is 0 Å². The lowest BCUT2D eigenvalue weighted by Crippen LogP contribution is -1.85. The first-order valence-electron chi connectivity index (χ1n) is 6.47. The molecule has 0 saturated carbocycles. The molecule has 0 aliphatic heterocycles. The van der Waals surface area contributed by atoms with E-state index in [2.05, 4.69) is 20.4 Å². The summed E-state index contributed by atoms with van der Waals surface area (Å²) in [7, 11) is 0. The lowest BCUT2D eigenvalue weighted by atomic mass is 10.0. The van der Waals surface area contributed by atoms with E-state index in [0.717, 1.165) is 0 Å². The third kappa shape index (κ3) is 9.83. The van der Waals surface area contributed by atoms with Gasteiger partial charge in [0.25, 0.3) is 0 Å². The molecule has 0 heterocycles. The molecule has 0 amide bonds. The second-order valence-corrected chi connectivity index (χ2v) is 4.37. The van der Waals surface area contributed by atoms with Gasteiger partial charge in [0.2, 0.25) is 0 Å². The molecule has 0 unspecified atom stereocenters. The van der Waals surface area contributed by atoms with E-state index in [1.54, 1.807) is 0 Å². The predicted molar refractivity (Wildman–Crippen MR) is 66.7 cm³/mol. The molecular weight excluding hydrogens is 168 g/mol. The van der Waals surface area contributed by atoms with Crippen LogP contribution in [0.5, 0.6) is 0 Å². The Hall–Kier alpha value is -0.260. The molecule has 0 aromatic carbocycles. The highest BCUT2D eigenvalue weighted by atomic mass is 14.0. The zero-order valence-electron chi connectivity index (χ0n) is 10.3. The summed E-state index contributed by atoms with van der Waals surface area (Å²) in [4.78, 5) is 0. The lowest BCUT2D eigenvalue weighted by molar-refractivity contribution is 0.626. The summed E-state index contributed by atoms with van der Waals surface area (Å²) in [6, 6.07) is 0. The van der Waals surface area contributed by atoms with Crippen LogP contribution in [0.15, 0.2) is 12.2 Å². The maximum absolute atomic E-state index is 4.15. The summed E-state index contributed by atoms with van der Waals surface area (Å²) in [6.45, 7) is 8.68. The standard InChI is InChI=1S/C14H28/c1-4-6-8-10-12-14(3)13-11-9-7-5-2/h3-13H2,1-2H3. The van der Waals surface area contributed by atoms with Crippen LogP contribution in [-0.2, 0) is 0 Å². The smallest absolute Gasteiger partial charge is 0.0323 e. The SMILES string of the molecule is C=C(CCCCCC)CCCCCC. The van der Waals surface area contributed by atoms with Gasteiger partial charge in [0, 0.05) is 0 Å². The van der Waals surface area contributed by atoms with Crippen LogP contribution in [-0.4, -0.2) is 0 Å². The Kier molecular flexibility index (Phi) is 10.6. The Bertz CT molecular complexity index is 110. The Morgan fingerprint density at radius 1 is 0.714 bits per heavy atom. The quantitative estimate of drug-likeness (QED) is 0.320. The maximum Gasteiger partial charge on any atom is -0.0323 e. The van der Waals surface area contributed by atoms with Gasteiger partial charge in [-0.1, -0.05) is 64.5 Å². The summed E-state index contributed by atoms with van der Waals surface area (Å²) >= 11 is 0. The van der Waals surface area contributed by atoms with Gasteiger partial charge in [-0.15, -0.1) is 0 Å². The summed E-state index contributed by atoms with van der Waals surface area (Å²) in [6.07, 6.45) is 13.5. The summed E-state index contributed by atoms with van der Waals surface area (Å²) < 4.78 is 0. The molecule has 0 N–H and O–H groups in total. The highest BCUT2D eigenvalue weighted by Crippen LogP contribution is 2.15. The fourth-order valence-electron chi connectivity index (χ4n) is 1.73. The molecule has 0 atom stereocenters. The van der Waals surface area contributed by atoms with Crippen molar-refractivity contribution in [1.82, 2.24) is 0 Å². The van der Waals surface area contributed by atoms with Crippen LogP contribution < -0.4 is 0 Å². The first kappa shape index (κ1) is 13.7. The molecule has 0 saturated heterocycles. The van der Waals surface area contributed by atoms with Crippen LogP contribution >= 0.6 is 0 Å². The molecule has 0 aliphatic rings. The van der Waals surface area contributed by atoms with Gasteiger partial charge < -0.3 is 0 Å². The second kappa shape index (κ2) is 10.8. The fraction of sp³-hybridized carbons (Fsp3) is 0.857. The van der Waals surface area contributed by atoms with E-state index in [4.69, 9.17) is 0 Å². The first-order valence-corrected chi connectivity index (χ1v) is 6.47. The van der Waals surface area contributed by atoms with Crippen molar-refractivity contribution >= 4 is 0 Å². The molecule has 0 rings (SSSR count). The van der Waals surface area contributed by atoms with Crippen LogP contribution in [0.3, 0.4) is 0 Å². The Balaban J connectivity index is 3.11. The van der Waals surface area contributed by atoms with Gasteiger partial charge in [0.05, 0.1) is 0 Å². The van der Waals surface area contributed by atoms with Crippen molar-refractivity contribution in [2.24, 2.45) is 0 Å². The minimum atomic E-state index is 1.27. The van der Waals surface area contributed by atoms with E-state index < -0.39 is 0 Å². The summed E-state index contributed by atoms with van der Waals surface area (Å²) in [5, 5.41) is 0. The van der Waals surface area contributed by atoms with Gasteiger partial charge in [0.1, 0.15) is 0 Å². The van der Waals surface area contributed by atoms with E-state index >= 15 is 0 Å². The van der Waals surface area contributed by atoms with Crippen molar-refractivity contribution in [3.05, 3.63) is 12.2 Å². The molecule has 84 valence electrons. The topological polar surface area (TPSA) is 0 Å². The van der Waals surface area contributed by atoms with E-state index in [-0.39, 0.29) is 0 Å². The highest BCUT2D eigenvalue weighted by molar-refractivity contribution is 4.93. The molecule has 0 bridgehead atoms. The molecule has 0 spiro atoms. The van der Waals surface area contributed by atoms with Crippen molar-refractivity contribution in [3.8, 4) is 0 Å². The average molecular weight is 196 g/mol. The van der Waals surface area contributed by atoms with Gasteiger partial charge in [-0.05, 0) is 25.7 Å². The van der Waals surface area contributed by atoms with Crippen LogP contribution in [0.25, 0.3) is 0 Å². The van der Waals surface area contributed by atoms with Gasteiger partial charge >= 0.3 is 0 Å². The predicted octanol–water partition coefficient (Wildman–Crippen LogP) is 5.48.